The molecule has 2 fully saturated rings. The second-order valence-electron chi connectivity index (χ2n) is 7.30. The van der Waals surface area contributed by atoms with Crippen molar-refractivity contribution in [1.82, 2.24) is 20.5 Å². The number of rotatable bonds is 2. The van der Waals surface area contributed by atoms with E-state index in [2.05, 4.69) is 16.0 Å². The van der Waals surface area contributed by atoms with Crippen molar-refractivity contribution in [2.24, 2.45) is 5.92 Å². The van der Waals surface area contributed by atoms with Gasteiger partial charge in [-0.25, -0.2) is 0 Å². The summed E-state index contributed by atoms with van der Waals surface area (Å²) in [6.07, 6.45) is 3.37. The van der Waals surface area contributed by atoms with Crippen LogP contribution in [0.3, 0.4) is 0 Å². The summed E-state index contributed by atoms with van der Waals surface area (Å²) in [5, 5.41) is 9.13. The number of nitrogens with one attached hydrogen (secondary N) is 3. The first-order valence-electron chi connectivity index (χ1n) is 9.15. The Morgan fingerprint density at radius 1 is 1.20 bits per heavy atom. The van der Waals surface area contributed by atoms with Crippen LogP contribution in [0.1, 0.15) is 43.3 Å². The third-order valence-electron chi connectivity index (χ3n) is 5.67. The van der Waals surface area contributed by atoms with Gasteiger partial charge in [0.2, 0.25) is 11.8 Å². The lowest BCUT2D eigenvalue weighted by molar-refractivity contribution is -0.132. The number of carbonyl (C=O) groups excluding carboxylic acids is 2. The molecule has 3 aliphatic rings. The van der Waals surface area contributed by atoms with E-state index in [4.69, 9.17) is 0 Å². The SMILES string of the molecule is O=C1NCCCC[C@@H]1NC(=O)[C@H]1[C@@H]2CNC[C@@H](C2)c2cccc(=O)n21. The van der Waals surface area contributed by atoms with Crippen LogP contribution in [0.5, 0.6) is 0 Å². The Kier molecular flexibility index (Phi) is 4.33. The van der Waals surface area contributed by atoms with Crippen molar-refractivity contribution < 1.29 is 9.59 Å². The van der Waals surface area contributed by atoms with Crippen LogP contribution in [0.4, 0.5) is 0 Å². The molecular formula is C18H24N4O3. The van der Waals surface area contributed by atoms with Gasteiger partial charge in [0, 0.05) is 43.2 Å². The Morgan fingerprint density at radius 3 is 2.96 bits per heavy atom. The lowest BCUT2D eigenvalue weighted by Gasteiger charge is -2.42. The zero-order chi connectivity index (χ0) is 17.4. The summed E-state index contributed by atoms with van der Waals surface area (Å²) in [4.78, 5) is 37.7. The van der Waals surface area contributed by atoms with Crippen LogP contribution >= 0.6 is 0 Å². The Balaban J connectivity index is 1.64. The highest BCUT2D eigenvalue weighted by atomic mass is 16.2. The van der Waals surface area contributed by atoms with E-state index in [9.17, 15) is 14.4 Å². The van der Waals surface area contributed by atoms with Gasteiger partial charge in [-0.05, 0) is 31.7 Å². The van der Waals surface area contributed by atoms with Gasteiger partial charge in [0.25, 0.3) is 5.56 Å². The summed E-state index contributed by atoms with van der Waals surface area (Å²) < 4.78 is 1.66. The quantitative estimate of drug-likeness (QED) is 0.698. The summed E-state index contributed by atoms with van der Waals surface area (Å²) >= 11 is 0. The third kappa shape index (κ3) is 2.97. The van der Waals surface area contributed by atoms with Crippen LogP contribution in [0.15, 0.2) is 23.0 Å². The largest absolute Gasteiger partial charge is 0.354 e. The molecule has 0 unspecified atom stereocenters. The zero-order valence-corrected chi connectivity index (χ0v) is 14.2. The van der Waals surface area contributed by atoms with Gasteiger partial charge in [-0.3, -0.25) is 19.0 Å². The van der Waals surface area contributed by atoms with Crippen molar-refractivity contribution in [1.29, 1.82) is 0 Å². The molecule has 0 aromatic carbocycles. The lowest BCUT2D eigenvalue weighted by atomic mass is 9.79. The highest BCUT2D eigenvalue weighted by molar-refractivity contribution is 5.89. The van der Waals surface area contributed by atoms with Crippen molar-refractivity contribution in [2.45, 2.75) is 43.7 Å². The molecule has 4 rings (SSSR count). The zero-order valence-electron chi connectivity index (χ0n) is 14.2. The Bertz CT molecular complexity index is 744. The number of hydrogen-bond acceptors (Lipinski definition) is 4. The molecule has 0 spiro atoms. The second-order valence-corrected chi connectivity index (χ2v) is 7.30. The number of hydrogen-bond donors (Lipinski definition) is 3. The van der Waals surface area contributed by atoms with Gasteiger partial charge >= 0.3 is 0 Å². The predicted octanol–water partition coefficient (Wildman–Crippen LogP) is -0.119. The standard InChI is InChI=1S/C18H24N4O3/c23-15-6-3-5-14-11-8-12(10-19-9-11)16(22(14)15)18(25)21-13-4-1-2-7-20-17(13)24/h3,5-6,11-13,16,19H,1-2,4,7-10H2,(H,20,24)(H,21,25)/t11-,12+,13+,16-/m1/s1. The fourth-order valence-corrected chi connectivity index (χ4v) is 4.46. The van der Waals surface area contributed by atoms with Crippen molar-refractivity contribution in [3.05, 3.63) is 34.2 Å². The topological polar surface area (TPSA) is 92.2 Å². The molecular weight excluding hydrogens is 320 g/mol. The van der Waals surface area contributed by atoms with E-state index in [1.807, 2.05) is 6.07 Å². The van der Waals surface area contributed by atoms with Crippen molar-refractivity contribution in [3.63, 3.8) is 0 Å². The molecule has 4 heterocycles. The van der Waals surface area contributed by atoms with E-state index >= 15 is 0 Å². The van der Waals surface area contributed by atoms with E-state index in [0.717, 1.165) is 31.5 Å². The first kappa shape index (κ1) is 16.3. The maximum Gasteiger partial charge on any atom is 0.251 e. The normalized spacial score (nSPS) is 31.4. The molecule has 134 valence electrons. The van der Waals surface area contributed by atoms with Gasteiger partial charge in [-0.1, -0.05) is 6.07 Å². The van der Waals surface area contributed by atoms with E-state index < -0.39 is 12.1 Å². The Hall–Kier alpha value is -2.15. The molecule has 4 atom stereocenters. The maximum absolute atomic E-state index is 13.1. The number of aromatic nitrogens is 1. The summed E-state index contributed by atoms with van der Waals surface area (Å²) in [6.45, 7) is 2.21. The molecule has 3 aliphatic heterocycles. The maximum atomic E-state index is 13.1. The smallest absolute Gasteiger partial charge is 0.251 e. The van der Waals surface area contributed by atoms with Gasteiger partial charge < -0.3 is 16.0 Å². The summed E-state index contributed by atoms with van der Waals surface area (Å²) in [5.74, 6) is -0.0104. The molecule has 7 heteroatoms. The average molecular weight is 344 g/mol. The van der Waals surface area contributed by atoms with E-state index in [0.29, 0.717) is 19.5 Å². The molecule has 1 aromatic heterocycles. The Labute approximate surface area is 146 Å². The van der Waals surface area contributed by atoms with Crippen LogP contribution in [-0.2, 0) is 9.59 Å². The van der Waals surface area contributed by atoms with Crippen LogP contribution < -0.4 is 21.5 Å². The number of piperidine rings is 1. The van der Waals surface area contributed by atoms with Crippen molar-refractivity contribution in [2.75, 3.05) is 19.6 Å². The number of nitrogens with zero attached hydrogens (tertiary/aromatic N) is 1. The van der Waals surface area contributed by atoms with Gasteiger partial charge in [-0.2, -0.15) is 0 Å². The third-order valence-corrected chi connectivity index (χ3v) is 5.67. The lowest BCUT2D eigenvalue weighted by Crippen LogP contribution is -2.55. The van der Waals surface area contributed by atoms with E-state index in [-0.39, 0.29) is 29.2 Å². The van der Waals surface area contributed by atoms with E-state index in [1.165, 1.54) is 6.07 Å². The first-order valence-corrected chi connectivity index (χ1v) is 9.15. The summed E-state index contributed by atoms with van der Waals surface area (Å²) in [7, 11) is 0. The monoisotopic (exact) mass is 344 g/mol. The van der Waals surface area contributed by atoms with Crippen LogP contribution in [0.2, 0.25) is 0 Å². The minimum atomic E-state index is -0.552. The summed E-state index contributed by atoms with van der Waals surface area (Å²) in [5.41, 5.74) is 0.779. The Morgan fingerprint density at radius 2 is 2.08 bits per heavy atom. The molecule has 2 saturated heterocycles. The van der Waals surface area contributed by atoms with Crippen LogP contribution in [0.25, 0.3) is 0 Å². The highest BCUT2D eigenvalue weighted by Crippen LogP contribution is 2.38. The molecule has 1 aromatic rings. The molecule has 0 aliphatic carbocycles. The molecule has 0 radical (unpaired) electrons. The highest BCUT2D eigenvalue weighted by Gasteiger charge is 2.42. The second kappa shape index (κ2) is 6.63. The molecule has 2 amide bonds. The van der Waals surface area contributed by atoms with Gasteiger partial charge in [0.1, 0.15) is 12.1 Å². The number of amides is 2. The van der Waals surface area contributed by atoms with Gasteiger partial charge in [0.05, 0.1) is 0 Å². The van der Waals surface area contributed by atoms with E-state index in [1.54, 1.807) is 10.6 Å². The molecule has 25 heavy (non-hydrogen) atoms. The molecule has 3 N–H and O–H groups in total. The molecule has 0 saturated carbocycles. The minimum Gasteiger partial charge on any atom is -0.354 e. The fraction of sp³-hybridized carbons (Fsp3) is 0.611. The number of carbonyl (C=O) groups is 2. The molecule has 2 bridgehead atoms. The van der Waals surface area contributed by atoms with Gasteiger partial charge in [-0.15, -0.1) is 0 Å². The minimum absolute atomic E-state index is 0.0696. The van der Waals surface area contributed by atoms with Gasteiger partial charge in [0.15, 0.2) is 0 Å². The first-order chi connectivity index (χ1) is 12.1. The molecule has 7 nitrogen and oxygen atoms in total. The predicted molar refractivity (Wildman–Crippen MR) is 92.2 cm³/mol. The van der Waals surface area contributed by atoms with Crippen LogP contribution in [-0.4, -0.2) is 42.1 Å². The van der Waals surface area contributed by atoms with Crippen molar-refractivity contribution >= 4 is 11.8 Å². The number of fused-ring (bicyclic) bond motifs is 4. The van der Waals surface area contributed by atoms with Crippen molar-refractivity contribution in [3.8, 4) is 0 Å². The summed E-state index contributed by atoms with van der Waals surface area (Å²) in [6, 6.07) is 4.15. The average Bonchev–Trinajstić information content (AvgIpc) is 2.81. The van der Waals surface area contributed by atoms with Crippen LogP contribution in [0, 0.1) is 5.92 Å². The number of pyridine rings is 1. The fourth-order valence-electron chi connectivity index (χ4n) is 4.46.